The van der Waals surface area contributed by atoms with Crippen LogP contribution in [0.15, 0.2) is 29.4 Å². The van der Waals surface area contributed by atoms with Gasteiger partial charge in [-0.05, 0) is 13.0 Å². The number of methoxy groups -OCH3 is 3. The summed E-state index contributed by atoms with van der Waals surface area (Å²) in [5.74, 6) is -0.106. The van der Waals surface area contributed by atoms with Gasteiger partial charge in [0.05, 0.1) is 33.1 Å². The third-order valence-corrected chi connectivity index (χ3v) is 3.45. The lowest BCUT2D eigenvalue weighted by Gasteiger charge is -2.13. The molecule has 2 rings (SSSR count). The molecule has 0 aliphatic rings. The normalized spacial score (nSPS) is 11.0. The molecule has 0 bridgehead atoms. The first-order chi connectivity index (χ1) is 13.5. The van der Waals surface area contributed by atoms with Crippen molar-refractivity contribution in [2.24, 2.45) is 5.16 Å². The van der Waals surface area contributed by atoms with Crippen LogP contribution in [0.5, 0.6) is 23.5 Å². The molecule has 0 N–H and O–H groups in total. The SMILES string of the molecule is COC(=O)c1c(Oc2nc(OC)cc(OC)n2)cccc1/C(C)=N/OCCF. The van der Waals surface area contributed by atoms with Gasteiger partial charge in [0.2, 0.25) is 11.8 Å². The van der Waals surface area contributed by atoms with Crippen LogP contribution in [0, 0.1) is 0 Å². The third-order valence-electron chi connectivity index (χ3n) is 3.45. The smallest absolute Gasteiger partial charge is 0.342 e. The van der Waals surface area contributed by atoms with Crippen molar-refractivity contribution in [3.63, 3.8) is 0 Å². The second kappa shape index (κ2) is 10.0. The molecule has 0 atom stereocenters. The van der Waals surface area contributed by atoms with Crippen molar-refractivity contribution in [3.8, 4) is 23.5 Å². The number of aromatic nitrogens is 2. The maximum Gasteiger partial charge on any atom is 0.342 e. The molecule has 10 heteroatoms. The van der Waals surface area contributed by atoms with E-state index >= 15 is 0 Å². The summed E-state index contributed by atoms with van der Waals surface area (Å²) in [7, 11) is 4.10. The number of benzene rings is 1. The monoisotopic (exact) mass is 393 g/mol. The third kappa shape index (κ3) is 5.06. The van der Waals surface area contributed by atoms with E-state index in [9.17, 15) is 9.18 Å². The summed E-state index contributed by atoms with van der Waals surface area (Å²) >= 11 is 0. The lowest BCUT2D eigenvalue weighted by molar-refractivity contribution is 0.0597. The second-order valence-electron chi connectivity index (χ2n) is 5.21. The van der Waals surface area contributed by atoms with Crippen LogP contribution in [-0.2, 0) is 9.57 Å². The summed E-state index contributed by atoms with van der Waals surface area (Å²) in [5, 5.41) is 3.81. The molecule has 9 nitrogen and oxygen atoms in total. The van der Waals surface area contributed by atoms with Gasteiger partial charge in [0.1, 0.15) is 24.6 Å². The Balaban J connectivity index is 2.48. The van der Waals surface area contributed by atoms with E-state index in [4.69, 9.17) is 23.8 Å². The van der Waals surface area contributed by atoms with Crippen molar-refractivity contribution in [3.05, 3.63) is 35.4 Å². The topological polar surface area (TPSA) is 101 Å². The van der Waals surface area contributed by atoms with E-state index in [2.05, 4.69) is 15.1 Å². The number of esters is 1. The van der Waals surface area contributed by atoms with E-state index < -0.39 is 12.6 Å². The molecular formula is C18H20FN3O6. The Labute approximate surface area is 161 Å². The van der Waals surface area contributed by atoms with Crippen molar-refractivity contribution < 1.29 is 33.0 Å². The molecular weight excluding hydrogens is 373 g/mol. The highest BCUT2D eigenvalue weighted by Crippen LogP contribution is 2.29. The lowest BCUT2D eigenvalue weighted by Crippen LogP contribution is -2.12. The molecule has 150 valence electrons. The number of ether oxygens (including phenoxy) is 4. The van der Waals surface area contributed by atoms with Crippen LogP contribution >= 0.6 is 0 Å². The summed E-state index contributed by atoms with van der Waals surface area (Å²) in [6.45, 7) is 0.728. The minimum absolute atomic E-state index is 0.0838. The first-order valence-corrected chi connectivity index (χ1v) is 8.13. The highest BCUT2D eigenvalue weighted by atomic mass is 19.1. The van der Waals surface area contributed by atoms with Crippen molar-refractivity contribution in [2.75, 3.05) is 34.6 Å². The van der Waals surface area contributed by atoms with Crippen molar-refractivity contribution in [1.82, 2.24) is 9.97 Å². The van der Waals surface area contributed by atoms with Gasteiger partial charge in [-0.1, -0.05) is 17.3 Å². The molecule has 0 unspecified atom stereocenters. The van der Waals surface area contributed by atoms with Gasteiger partial charge in [-0.2, -0.15) is 9.97 Å². The second-order valence-corrected chi connectivity index (χ2v) is 5.21. The molecule has 0 aliphatic heterocycles. The van der Waals surface area contributed by atoms with Crippen LogP contribution in [0.1, 0.15) is 22.8 Å². The fourth-order valence-corrected chi connectivity index (χ4v) is 2.19. The Morgan fingerprint density at radius 2 is 1.82 bits per heavy atom. The van der Waals surface area contributed by atoms with Gasteiger partial charge in [-0.25, -0.2) is 9.18 Å². The van der Waals surface area contributed by atoms with E-state index in [0.717, 1.165) is 0 Å². The maximum atomic E-state index is 12.4. The quantitative estimate of drug-likeness (QED) is 0.277. The molecule has 0 fully saturated rings. The average molecular weight is 393 g/mol. The van der Waals surface area contributed by atoms with Gasteiger partial charge < -0.3 is 23.8 Å². The maximum absolute atomic E-state index is 12.4. The number of oxime groups is 1. The first-order valence-electron chi connectivity index (χ1n) is 8.13. The number of rotatable bonds is 9. The number of nitrogens with zero attached hydrogens (tertiary/aromatic N) is 3. The number of carbonyl (C=O) groups is 1. The largest absolute Gasteiger partial charge is 0.481 e. The van der Waals surface area contributed by atoms with E-state index in [1.807, 2.05) is 0 Å². The van der Waals surface area contributed by atoms with E-state index in [1.54, 1.807) is 25.1 Å². The lowest BCUT2D eigenvalue weighted by atomic mass is 10.0. The number of halogens is 1. The van der Waals surface area contributed by atoms with Gasteiger partial charge in [-0.3, -0.25) is 0 Å². The van der Waals surface area contributed by atoms with Crippen LogP contribution in [0.3, 0.4) is 0 Å². The Kier molecular flexibility index (Phi) is 7.49. The predicted molar refractivity (Wildman–Crippen MR) is 97.1 cm³/mol. The molecule has 0 aliphatic carbocycles. The number of hydrogen-bond donors (Lipinski definition) is 0. The molecule has 0 spiro atoms. The Morgan fingerprint density at radius 3 is 2.39 bits per heavy atom. The number of alkyl halides is 1. The molecule has 0 saturated carbocycles. The zero-order chi connectivity index (χ0) is 20.5. The minimum atomic E-state index is -0.682. The van der Waals surface area contributed by atoms with Crippen molar-refractivity contribution >= 4 is 11.7 Å². The fourth-order valence-electron chi connectivity index (χ4n) is 2.19. The van der Waals surface area contributed by atoms with Crippen LogP contribution in [0.2, 0.25) is 0 Å². The number of carbonyl (C=O) groups excluding carboxylic acids is 1. The molecule has 0 saturated heterocycles. The summed E-state index contributed by atoms with van der Waals surface area (Å²) in [5.41, 5.74) is 0.807. The standard InChI is InChI=1S/C18H20FN3O6/c1-11(22-27-9-8-19)12-6-5-7-13(16(12)17(23)26-4)28-18-20-14(24-2)10-15(21-18)25-3/h5-7,10H,8-9H2,1-4H3/b22-11+. The van der Waals surface area contributed by atoms with E-state index in [-0.39, 0.29) is 35.7 Å². The van der Waals surface area contributed by atoms with Gasteiger partial charge in [-0.15, -0.1) is 0 Å². The molecule has 0 amide bonds. The van der Waals surface area contributed by atoms with Crippen LogP contribution < -0.4 is 14.2 Å². The van der Waals surface area contributed by atoms with Gasteiger partial charge >= 0.3 is 12.0 Å². The zero-order valence-corrected chi connectivity index (χ0v) is 15.9. The Bertz CT molecular complexity index is 837. The summed E-state index contributed by atoms with van der Waals surface area (Å²) in [4.78, 5) is 25.4. The van der Waals surface area contributed by atoms with E-state index in [0.29, 0.717) is 11.3 Å². The molecule has 1 heterocycles. The summed E-state index contributed by atoms with van der Waals surface area (Å²) < 4.78 is 32.9. The zero-order valence-electron chi connectivity index (χ0n) is 15.9. The van der Waals surface area contributed by atoms with Crippen LogP contribution in [0.4, 0.5) is 4.39 Å². The summed E-state index contributed by atoms with van der Waals surface area (Å²) in [6, 6.07) is 6.19. The van der Waals surface area contributed by atoms with Crippen molar-refractivity contribution in [1.29, 1.82) is 0 Å². The highest BCUT2D eigenvalue weighted by molar-refractivity contribution is 6.09. The molecule has 1 aromatic carbocycles. The Hall–Kier alpha value is -3.43. The Morgan fingerprint density at radius 1 is 1.14 bits per heavy atom. The minimum Gasteiger partial charge on any atom is -0.481 e. The van der Waals surface area contributed by atoms with Gasteiger partial charge in [0, 0.05) is 5.56 Å². The number of hydrogen-bond acceptors (Lipinski definition) is 9. The molecule has 1 aromatic heterocycles. The summed E-state index contributed by atoms with van der Waals surface area (Å²) in [6.07, 6.45) is 0. The van der Waals surface area contributed by atoms with Gasteiger partial charge in [0.15, 0.2) is 0 Å². The molecule has 28 heavy (non-hydrogen) atoms. The first kappa shape index (κ1) is 20.9. The average Bonchev–Trinajstić information content (AvgIpc) is 2.72. The van der Waals surface area contributed by atoms with Crippen molar-refractivity contribution in [2.45, 2.75) is 6.92 Å². The van der Waals surface area contributed by atoms with Gasteiger partial charge in [0.25, 0.3) is 0 Å². The van der Waals surface area contributed by atoms with Crippen LogP contribution in [0.25, 0.3) is 0 Å². The fraction of sp³-hybridized carbons (Fsp3) is 0.333. The highest BCUT2D eigenvalue weighted by Gasteiger charge is 2.22. The predicted octanol–water partition coefficient (Wildman–Crippen LogP) is 2.78. The van der Waals surface area contributed by atoms with Crippen LogP contribution in [-0.4, -0.2) is 56.3 Å². The van der Waals surface area contributed by atoms with E-state index in [1.165, 1.54) is 27.4 Å². The molecule has 2 aromatic rings. The molecule has 0 radical (unpaired) electrons.